The fraction of sp³-hybridized carbons (Fsp3) is 0.0714. The van der Waals surface area contributed by atoms with Crippen LogP contribution in [0.1, 0.15) is 11.1 Å². The van der Waals surface area contributed by atoms with Crippen molar-refractivity contribution in [3.8, 4) is 0 Å². The van der Waals surface area contributed by atoms with Gasteiger partial charge in [-0.2, -0.15) is 0 Å². The van der Waals surface area contributed by atoms with Crippen molar-refractivity contribution in [3.05, 3.63) is 70.2 Å². The van der Waals surface area contributed by atoms with Crippen LogP contribution in [0.5, 0.6) is 0 Å². The predicted octanol–water partition coefficient (Wildman–Crippen LogP) is 1.53. The molecule has 1 aromatic carbocycles. The molecule has 1 aromatic heterocycles. The van der Waals surface area contributed by atoms with Gasteiger partial charge in [0.1, 0.15) is 5.82 Å². The summed E-state index contributed by atoms with van der Waals surface area (Å²) in [5.41, 5.74) is 0.604. The van der Waals surface area contributed by atoms with Gasteiger partial charge < -0.3 is 5.11 Å². The molecular weight excluding hydrogens is 263 g/mol. The highest BCUT2D eigenvalue weighted by molar-refractivity contribution is 5.85. The Kier molecular flexibility index (Phi) is 4.05. The molecule has 102 valence electrons. The molecule has 0 aliphatic rings. The highest BCUT2D eigenvalue weighted by atomic mass is 19.1. The van der Waals surface area contributed by atoms with Crippen molar-refractivity contribution in [2.24, 2.45) is 0 Å². The van der Waals surface area contributed by atoms with E-state index < -0.39 is 17.5 Å². The second kappa shape index (κ2) is 5.92. The quantitative estimate of drug-likeness (QED) is 0.858. The number of hydrogen-bond donors (Lipinski definition) is 1. The van der Waals surface area contributed by atoms with Crippen LogP contribution in [0.25, 0.3) is 6.08 Å². The second-order valence-corrected chi connectivity index (χ2v) is 4.04. The van der Waals surface area contributed by atoms with Gasteiger partial charge in [0.25, 0.3) is 0 Å². The second-order valence-electron chi connectivity index (χ2n) is 4.04. The molecule has 2 aromatic rings. The first-order valence-electron chi connectivity index (χ1n) is 5.77. The van der Waals surface area contributed by atoms with Crippen LogP contribution in [0.2, 0.25) is 0 Å². The van der Waals surface area contributed by atoms with Crippen LogP contribution in [0.4, 0.5) is 4.39 Å². The molecule has 0 spiro atoms. The standard InChI is InChI=1S/C14H11FN2O3/c15-12-4-2-11(10(8-12)3-5-13(18)19)9-17-7-1-6-16-14(17)20/h1-8H,9H2,(H,18,19). The summed E-state index contributed by atoms with van der Waals surface area (Å²) >= 11 is 0. The topological polar surface area (TPSA) is 72.2 Å². The lowest BCUT2D eigenvalue weighted by atomic mass is 10.1. The fourth-order valence-corrected chi connectivity index (χ4v) is 1.72. The Morgan fingerprint density at radius 2 is 2.25 bits per heavy atom. The maximum Gasteiger partial charge on any atom is 0.347 e. The van der Waals surface area contributed by atoms with Crippen LogP contribution in [0, 0.1) is 5.82 Å². The van der Waals surface area contributed by atoms with Gasteiger partial charge in [0.15, 0.2) is 0 Å². The Hall–Kier alpha value is -2.76. The molecule has 20 heavy (non-hydrogen) atoms. The number of halogens is 1. The first-order valence-corrected chi connectivity index (χ1v) is 5.77. The number of rotatable bonds is 4. The molecule has 1 heterocycles. The summed E-state index contributed by atoms with van der Waals surface area (Å²) in [5, 5.41) is 8.62. The van der Waals surface area contributed by atoms with Crippen LogP contribution in [-0.2, 0) is 11.3 Å². The Bertz CT molecular complexity index is 722. The zero-order chi connectivity index (χ0) is 14.5. The molecule has 0 saturated heterocycles. The Balaban J connectivity index is 2.39. The number of hydrogen-bond acceptors (Lipinski definition) is 3. The summed E-state index contributed by atoms with van der Waals surface area (Å²) in [6.45, 7) is 0.187. The van der Waals surface area contributed by atoms with E-state index in [1.165, 1.54) is 35.0 Å². The van der Waals surface area contributed by atoms with E-state index in [2.05, 4.69) is 4.98 Å². The highest BCUT2D eigenvalue weighted by Crippen LogP contribution is 2.14. The van der Waals surface area contributed by atoms with Gasteiger partial charge in [-0.15, -0.1) is 0 Å². The van der Waals surface area contributed by atoms with E-state index in [0.717, 1.165) is 6.08 Å². The Morgan fingerprint density at radius 3 is 2.95 bits per heavy atom. The smallest absolute Gasteiger partial charge is 0.347 e. The average molecular weight is 274 g/mol. The van der Waals surface area contributed by atoms with Gasteiger partial charge in [-0.05, 0) is 35.4 Å². The lowest BCUT2D eigenvalue weighted by molar-refractivity contribution is -0.131. The normalized spacial score (nSPS) is 10.8. The molecule has 6 heteroatoms. The number of carboxylic acid groups (broad SMARTS) is 1. The third-order valence-electron chi connectivity index (χ3n) is 2.64. The van der Waals surface area contributed by atoms with Gasteiger partial charge >= 0.3 is 11.7 Å². The monoisotopic (exact) mass is 274 g/mol. The van der Waals surface area contributed by atoms with E-state index in [0.29, 0.717) is 11.1 Å². The summed E-state index contributed by atoms with van der Waals surface area (Å²) in [7, 11) is 0. The Morgan fingerprint density at radius 1 is 1.45 bits per heavy atom. The third-order valence-corrected chi connectivity index (χ3v) is 2.64. The van der Waals surface area contributed by atoms with Crippen LogP contribution in [0.3, 0.4) is 0 Å². The lowest BCUT2D eigenvalue weighted by Crippen LogP contribution is -2.22. The molecule has 0 radical (unpaired) electrons. The largest absolute Gasteiger partial charge is 0.478 e. The first-order chi connectivity index (χ1) is 9.56. The maximum absolute atomic E-state index is 13.2. The minimum atomic E-state index is -1.13. The number of nitrogens with zero attached hydrogens (tertiary/aromatic N) is 2. The van der Waals surface area contributed by atoms with Crippen LogP contribution < -0.4 is 5.69 Å². The summed E-state index contributed by atoms with van der Waals surface area (Å²) in [5.74, 6) is -1.60. The van der Waals surface area contributed by atoms with Gasteiger partial charge in [-0.3, -0.25) is 4.57 Å². The third kappa shape index (κ3) is 3.38. The van der Waals surface area contributed by atoms with E-state index >= 15 is 0 Å². The summed E-state index contributed by atoms with van der Waals surface area (Å²) in [6.07, 6.45) is 5.16. The SMILES string of the molecule is O=C(O)C=Cc1cc(F)ccc1Cn1cccnc1=O. The van der Waals surface area contributed by atoms with Crippen molar-refractivity contribution < 1.29 is 14.3 Å². The predicted molar refractivity (Wildman–Crippen MR) is 70.7 cm³/mol. The van der Waals surface area contributed by atoms with Gasteiger partial charge in [0, 0.05) is 18.5 Å². The van der Waals surface area contributed by atoms with E-state index in [-0.39, 0.29) is 6.54 Å². The number of aromatic nitrogens is 2. The highest BCUT2D eigenvalue weighted by Gasteiger charge is 2.04. The molecule has 0 atom stereocenters. The van der Waals surface area contributed by atoms with Gasteiger partial charge in [0.2, 0.25) is 0 Å². The van der Waals surface area contributed by atoms with Crippen LogP contribution >= 0.6 is 0 Å². The molecule has 5 nitrogen and oxygen atoms in total. The molecule has 0 fully saturated rings. The zero-order valence-corrected chi connectivity index (χ0v) is 10.4. The minimum Gasteiger partial charge on any atom is -0.478 e. The first kappa shape index (κ1) is 13.7. The molecule has 0 bridgehead atoms. The minimum absolute atomic E-state index is 0.187. The Labute approximate surface area is 113 Å². The van der Waals surface area contributed by atoms with E-state index in [1.807, 2.05) is 0 Å². The van der Waals surface area contributed by atoms with Gasteiger partial charge in [-0.25, -0.2) is 19.0 Å². The molecule has 0 saturated carbocycles. The average Bonchev–Trinajstić information content (AvgIpc) is 2.41. The van der Waals surface area contributed by atoms with Crippen molar-refractivity contribution in [2.75, 3.05) is 0 Å². The van der Waals surface area contributed by atoms with Crippen molar-refractivity contribution in [3.63, 3.8) is 0 Å². The van der Waals surface area contributed by atoms with Crippen molar-refractivity contribution in [1.82, 2.24) is 9.55 Å². The molecule has 1 N–H and O–H groups in total. The van der Waals surface area contributed by atoms with Crippen molar-refractivity contribution in [1.29, 1.82) is 0 Å². The van der Waals surface area contributed by atoms with Crippen LogP contribution in [-0.4, -0.2) is 20.6 Å². The molecule has 2 rings (SSSR count). The van der Waals surface area contributed by atoms with Gasteiger partial charge in [0.05, 0.1) is 6.54 Å². The number of carboxylic acids is 1. The van der Waals surface area contributed by atoms with Crippen molar-refractivity contribution >= 4 is 12.0 Å². The van der Waals surface area contributed by atoms with E-state index in [4.69, 9.17) is 5.11 Å². The molecule has 0 amide bonds. The number of benzene rings is 1. The molecule has 0 aliphatic heterocycles. The molecule has 0 aliphatic carbocycles. The van der Waals surface area contributed by atoms with E-state index in [9.17, 15) is 14.0 Å². The molecular formula is C14H11FN2O3. The lowest BCUT2D eigenvalue weighted by Gasteiger charge is -2.08. The fourth-order valence-electron chi connectivity index (χ4n) is 1.72. The maximum atomic E-state index is 13.2. The zero-order valence-electron chi connectivity index (χ0n) is 10.4. The summed E-state index contributed by atoms with van der Waals surface area (Å²) < 4.78 is 14.6. The van der Waals surface area contributed by atoms with Gasteiger partial charge in [-0.1, -0.05) is 6.07 Å². The molecule has 0 unspecified atom stereocenters. The van der Waals surface area contributed by atoms with E-state index in [1.54, 1.807) is 12.3 Å². The van der Waals surface area contributed by atoms with Crippen molar-refractivity contribution in [2.45, 2.75) is 6.54 Å². The number of aliphatic carboxylic acids is 1. The summed E-state index contributed by atoms with van der Waals surface area (Å²) in [4.78, 5) is 25.7. The summed E-state index contributed by atoms with van der Waals surface area (Å²) in [6, 6.07) is 5.60. The van der Waals surface area contributed by atoms with Crippen LogP contribution in [0.15, 0.2) is 47.5 Å². The number of carbonyl (C=O) groups is 1.